The number of esters is 1. The van der Waals surface area contributed by atoms with Gasteiger partial charge in [-0.05, 0) is 19.1 Å². The minimum Gasteiger partial charge on any atom is -0.508 e. The molecule has 0 saturated carbocycles. The summed E-state index contributed by atoms with van der Waals surface area (Å²) in [5, 5.41) is 17.8. The molecule has 1 aromatic carbocycles. The summed E-state index contributed by atoms with van der Waals surface area (Å²) in [5.74, 6) is -0.595. The number of aromatic hydroxyl groups is 1. The topological polar surface area (TPSA) is 70.3 Å². The van der Waals surface area contributed by atoms with Gasteiger partial charge in [-0.2, -0.15) is 5.26 Å². The molecule has 4 nitrogen and oxygen atoms in total. The maximum atomic E-state index is 11.1. The molecule has 0 radical (unpaired) electrons. The van der Waals surface area contributed by atoms with E-state index in [1.807, 2.05) is 6.07 Å². The van der Waals surface area contributed by atoms with Crippen molar-refractivity contribution in [2.45, 2.75) is 6.92 Å². The Kier molecular flexibility index (Phi) is 3.09. The molecule has 0 amide bonds. The fourth-order valence-electron chi connectivity index (χ4n) is 0.901. The normalized spacial score (nSPS) is 9.07. The molecule has 0 fully saturated rings. The Morgan fingerprint density at radius 2 is 2.20 bits per heavy atom. The first-order valence-electron chi connectivity index (χ1n) is 4.15. The fourth-order valence-corrected chi connectivity index (χ4v) is 0.901. The highest BCUT2D eigenvalue weighted by molar-refractivity contribution is 5.88. The van der Waals surface area contributed by atoms with Gasteiger partial charge < -0.3 is 9.84 Å². The average Bonchev–Trinajstić information content (AvgIpc) is 2.16. The predicted molar refractivity (Wildman–Crippen MR) is 53.3 cm³/mol. The van der Waals surface area contributed by atoms with Crippen molar-refractivity contribution in [2.75, 3.05) is 0 Å². The first-order chi connectivity index (χ1) is 7.02. The SMILES string of the molecule is C=C(C)C(=O)Oc1cc(O)cc(C#N)c1. The molecular weight excluding hydrogens is 194 g/mol. The van der Waals surface area contributed by atoms with Crippen LogP contribution in [-0.2, 0) is 4.79 Å². The number of carbonyl (C=O) groups is 1. The van der Waals surface area contributed by atoms with Crippen molar-refractivity contribution in [2.24, 2.45) is 0 Å². The second-order valence-electron chi connectivity index (χ2n) is 3.00. The fraction of sp³-hybridized carbons (Fsp3) is 0.0909. The lowest BCUT2D eigenvalue weighted by Crippen LogP contribution is -2.08. The molecule has 0 unspecified atom stereocenters. The molecule has 1 N–H and O–H groups in total. The predicted octanol–water partition coefficient (Wildman–Crippen LogP) is 1.75. The zero-order valence-electron chi connectivity index (χ0n) is 8.15. The number of hydrogen-bond acceptors (Lipinski definition) is 4. The summed E-state index contributed by atoms with van der Waals surface area (Å²) in [4.78, 5) is 11.1. The highest BCUT2D eigenvalue weighted by atomic mass is 16.5. The van der Waals surface area contributed by atoms with E-state index in [1.165, 1.54) is 25.1 Å². The Morgan fingerprint density at radius 3 is 2.73 bits per heavy atom. The Bertz CT molecular complexity index is 457. The highest BCUT2D eigenvalue weighted by Gasteiger charge is 2.07. The minimum atomic E-state index is -0.593. The van der Waals surface area contributed by atoms with Gasteiger partial charge in [-0.25, -0.2) is 4.79 Å². The molecule has 0 saturated heterocycles. The minimum absolute atomic E-state index is 0.125. The summed E-state index contributed by atoms with van der Waals surface area (Å²) >= 11 is 0. The summed E-state index contributed by atoms with van der Waals surface area (Å²) in [6, 6.07) is 5.73. The molecule has 1 rings (SSSR count). The lowest BCUT2D eigenvalue weighted by atomic mass is 10.2. The van der Waals surface area contributed by atoms with Crippen LogP contribution in [0.25, 0.3) is 0 Å². The number of carbonyl (C=O) groups excluding carboxylic acids is 1. The number of phenols is 1. The van der Waals surface area contributed by atoms with Crippen LogP contribution in [-0.4, -0.2) is 11.1 Å². The van der Waals surface area contributed by atoms with Crippen molar-refractivity contribution in [1.29, 1.82) is 5.26 Å². The van der Waals surface area contributed by atoms with Crippen LogP contribution in [0.4, 0.5) is 0 Å². The van der Waals surface area contributed by atoms with Crippen LogP contribution in [0.1, 0.15) is 12.5 Å². The van der Waals surface area contributed by atoms with Gasteiger partial charge in [0, 0.05) is 11.6 Å². The lowest BCUT2D eigenvalue weighted by Gasteiger charge is -2.04. The highest BCUT2D eigenvalue weighted by Crippen LogP contribution is 2.21. The van der Waals surface area contributed by atoms with Crippen molar-refractivity contribution in [3.05, 3.63) is 35.9 Å². The molecule has 4 heteroatoms. The Labute approximate surface area is 87.0 Å². The van der Waals surface area contributed by atoms with Crippen LogP contribution in [0.2, 0.25) is 0 Å². The van der Waals surface area contributed by atoms with Gasteiger partial charge in [0.25, 0.3) is 0 Å². The standard InChI is InChI=1S/C11H9NO3/c1-7(2)11(14)15-10-4-8(6-12)3-9(13)5-10/h3-5,13H,1H2,2H3. The van der Waals surface area contributed by atoms with Gasteiger partial charge in [-0.15, -0.1) is 0 Å². The van der Waals surface area contributed by atoms with Crippen molar-refractivity contribution < 1.29 is 14.6 Å². The third-order valence-corrected chi connectivity index (χ3v) is 1.58. The third kappa shape index (κ3) is 2.85. The van der Waals surface area contributed by atoms with Gasteiger partial charge >= 0.3 is 5.97 Å². The Balaban J connectivity index is 2.96. The summed E-state index contributed by atoms with van der Waals surface area (Å²) < 4.78 is 4.85. The van der Waals surface area contributed by atoms with Crippen molar-refractivity contribution in [3.63, 3.8) is 0 Å². The molecule has 1 aromatic rings. The van der Waals surface area contributed by atoms with Crippen LogP contribution in [0.5, 0.6) is 11.5 Å². The second kappa shape index (κ2) is 4.29. The average molecular weight is 203 g/mol. The largest absolute Gasteiger partial charge is 0.508 e. The third-order valence-electron chi connectivity index (χ3n) is 1.58. The van der Waals surface area contributed by atoms with Crippen molar-refractivity contribution >= 4 is 5.97 Å². The second-order valence-corrected chi connectivity index (χ2v) is 3.00. The van der Waals surface area contributed by atoms with Gasteiger partial charge in [0.2, 0.25) is 0 Å². The lowest BCUT2D eigenvalue weighted by molar-refractivity contribution is -0.130. The van der Waals surface area contributed by atoms with E-state index in [4.69, 9.17) is 10.00 Å². The molecule has 0 aliphatic carbocycles. The Hall–Kier alpha value is -2.28. The van der Waals surface area contributed by atoms with Crippen LogP contribution < -0.4 is 4.74 Å². The van der Waals surface area contributed by atoms with E-state index < -0.39 is 5.97 Å². The van der Waals surface area contributed by atoms with Crippen molar-refractivity contribution in [3.8, 4) is 17.6 Å². The Morgan fingerprint density at radius 1 is 1.53 bits per heavy atom. The van der Waals surface area contributed by atoms with E-state index >= 15 is 0 Å². The molecule has 0 heterocycles. The first-order valence-corrected chi connectivity index (χ1v) is 4.15. The van der Waals surface area contributed by atoms with Gasteiger partial charge in [0.15, 0.2) is 0 Å². The summed E-state index contributed by atoms with van der Waals surface area (Å²) in [6.07, 6.45) is 0. The van der Waals surface area contributed by atoms with E-state index in [0.717, 1.165) is 0 Å². The number of nitriles is 1. The first kappa shape index (κ1) is 10.8. The summed E-state index contributed by atoms with van der Waals surface area (Å²) in [7, 11) is 0. The molecule has 0 aliphatic heterocycles. The number of nitrogens with zero attached hydrogens (tertiary/aromatic N) is 1. The molecular formula is C11H9NO3. The van der Waals surface area contributed by atoms with Gasteiger partial charge in [-0.3, -0.25) is 0 Å². The summed E-state index contributed by atoms with van der Waals surface area (Å²) in [5.41, 5.74) is 0.469. The van der Waals surface area contributed by atoms with E-state index in [1.54, 1.807) is 0 Å². The molecule has 0 bridgehead atoms. The molecule has 15 heavy (non-hydrogen) atoms. The molecule has 76 valence electrons. The number of benzene rings is 1. The number of ether oxygens (including phenoxy) is 1. The van der Waals surface area contributed by atoms with E-state index in [2.05, 4.69) is 6.58 Å². The van der Waals surface area contributed by atoms with E-state index in [-0.39, 0.29) is 22.6 Å². The van der Waals surface area contributed by atoms with Crippen LogP contribution in [0, 0.1) is 11.3 Å². The number of phenolic OH excluding ortho intramolecular Hbond substituents is 1. The van der Waals surface area contributed by atoms with Gasteiger partial charge in [-0.1, -0.05) is 6.58 Å². The molecule has 0 aliphatic rings. The van der Waals surface area contributed by atoms with Crippen LogP contribution >= 0.6 is 0 Å². The number of hydrogen-bond donors (Lipinski definition) is 1. The van der Waals surface area contributed by atoms with Crippen LogP contribution in [0.3, 0.4) is 0 Å². The quantitative estimate of drug-likeness (QED) is 0.451. The van der Waals surface area contributed by atoms with Gasteiger partial charge in [0.05, 0.1) is 11.6 Å². The maximum absolute atomic E-state index is 11.1. The molecule has 0 spiro atoms. The maximum Gasteiger partial charge on any atom is 0.338 e. The monoisotopic (exact) mass is 203 g/mol. The molecule has 0 atom stereocenters. The van der Waals surface area contributed by atoms with Crippen LogP contribution in [0.15, 0.2) is 30.4 Å². The number of rotatable bonds is 2. The smallest absolute Gasteiger partial charge is 0.338 e. The summed E-state index contributed by atoms with van der Waals surface area (Å²) in [6.45, 7) is 4.92. The van der Waals surface area contributed by atoms with E-state index in [9.17, 15) is 9.90 Å². The zero-order valence-corrected chi connectivity index (χ0v) is 8.15. The van der Waals surface area contributed by atoms with E-state index in [0.29, 0.717) is 0 Å². The zero-order chi connectivity index (χ0) is 11.4. The molecule has 0 aromatic heterocycles. The van der Waals surface area contributed by atoms with Gasteiger partial charge in [0.1, 0.15) is 11.5 Å². The van der Waals surface area contributed by atoms with Crippen molar-refractivity contribution in [1.82, 2.24) is 0 Å².